The molecule has 1 saturated carbocycles. The van der Waals surface area contributed by atoms with Crippen molar-refractivity contribution in [1.29, 1.82) is 0 Å². The molecule has 25 heavy (non-hydrogen) atoms. The Morgan fingerprint density at radius 3 is 2.88 bits per heavy atom. The first-order chi connectivity index (χ1) is 12.2. The lowest BCUT2D eigenvalue weighted by Gasteiger charge is -2.21. The first-order valence-corrected chi connectivity index (χ1v) is 9.99. The molecule has 1 aromatic heterocycles. The molecule has 0 bridgehead atoms. The summed E-state index contributed by atoms with van der Waals surface area (Å²) >= 11 is 0. The van der Waals surface area contributed by atoms with E-state index in [0.29, 0.717) is 6.04 Å². The van der Waals surface area contributed by atoms with Crippen LogP contribution in [0, 0.1) is 12.8 Å². The number of aryl methyl sites for hydroxylation is 1. The summed E-state index contributed by atoms with van der Waals surface area (Å²) in [7, 11) is 0. The Balaban J connectivity index is 1.43. The predicted octanol–water partition coefficient (Wildman–Crippen LogP) is 2.01. The third-order valence-corrected chi connectivity index (χ3v) is 5.31. The SMILES string of the molecule is CCNC(=NCCn1cc(C)cn1)NC1CCN(CC2CCCC2)C1. The average molecular weight is 347 g/mol. The van der Waals surface area contributed by atoms with E-state index in [9.17, 15) is 0 Å². The largest absolute Gasteiger partial charge is 0.357 e. The molecule has 2 aliphatic rings. The molecule has 2 heterocycles. The molecule has 0 amide bonds. The van der Waals surface area contributed by atoms with Gasteiger partial charge in [0, 0.05) is 38.4 Å². The number of nitrogens with zero attached hydrogens (tertiary/aromatic N) is 4. The van der Waals surface area contributed by atoms with E-state index >= 15 is 0 Å². The third kappa shape index (κ3) is 5.73. The molecule has 1 atom stereocenters. The van der Waals surface area contributed by atoms with Gasteiger partial charge in [-0.15, -0.1) is 0 Å². The van der Waals surface area contributed by atoms with Crippen LogP contribution in [0.4, 0.5) is 0 Å². The van der Waals surface area contributed by atoms with Gasteiger partial charge in [0.1, 0.15) is 0 Å². The molecule has 1 aliphatic heterocycles. The molecule has 1 saturated heterocycles. The Kier molecular flexibility index (Phi) is 6.73. The number of rotatable bonds is 7. The Hall–Kier alpha value is -1.56. The van der Waals surface area contributed by atoms with E-state index in [0.717, 1.165) is 38.1 Å². The second kappa shape index (κ2) is 9.22. The highest BCUT2D eigenvalue weighted by Crippen LogP contribution is 2.26. The van der Waals surface area contributed by atoms with E-state index in [-0.39, 0.29) is 0 Å². The van der Waals surface area contributed by atoms with Crippen LogP contribution in [0.3, 0.4) is 0 Å². The minimum absolute atomic E-state index is 0.520. The van der Waals surface area contributed by atoms with Gasteiger partial charge in [-0.25, -0.2) is 0 Å². The van der Waals surface area contributed by atoms with Crippen LogP contribution >= 0.6 is 0 Å². The van der Waals surface area contributed by atoms with Gasteiger partial charge in [0.2, 0.25) is 0 Å². The number of guanidine groups is 1. The van der Waals surface area contributed by atoms with Gasteiger partial charge in [0.05, 0.1) is 19.3 Å². The van der Waals surface area contributed by atoms with Crippen LogP contribution < -0.4 is 10.6 Å². The maximum atomic E-state index is 4.72. The molecule has 2 fully saturated rings. The van der Waals surface area contributed by atoms with Gasteiger partial charge < -0.3 is 15.5 Å². The average Bonchev–Trinajstić information content (AvgIpc) is 3.32. The van der Waals surface area contributed by atoms with Crippen molar-refractivity contribution in [2.24, 2.45) is 10.9 Å². The quantitative estimate of drug-likeness (QED) is 0.586. The highest BCUT2D eigenvalue weighted by Gasteiger charge is 2.26. The number of aliphatic imine (C=N–C) groups is 1. The lowest BCUT2D eigenvalue weighted by Crippen LogP contribution is -2.45. The summed E-state index contributed by atoms with van der Waals surface area (Å²) in [6.07, 6.45) is 10.9. The molecule has 6 heteroatoms. The molecule has 0 aromatic carbocycles. The Morgan fingerprint density at radius 2 is 2.16 bits per heavy atom. The Bertz CT molecular complexity index is 546. The summed E-state index contributed by atoms with van der Waals surface area (Å²) in [5, 5.41) is 11.3. The minimum atomic E-state index is 0.520. The molecule has 2 N–H and O–H groups in total. The molecular formula is C19H34N6. The Labute approximate surface area is 152 Å². The lowest BCUT2D eigenvalue weighted by molar-refractivity contribution is 0.275. The summed E-state index contributed by atoms with van der Waals surface area (Å²) in [6.45, 7) is 10.3. The van der Waals surface area contributed by atoms with Crippen molar-refractivity contribution in [1.82, 2.24) is 25.3 Å². The molecule has 0 radical (unpaired) electrons. The van der Waals surface area contributed by atoms with Crippen molar-refractivity contribution >= 4 is 5.96 Å². The van der Waals surface area contributed by atoms with Crippen LogP contribution in [0.5, 0.6) is 0 Å². The third-order valence-electron chi connectivity index (χ3n) is 5.31. The number of aromatic nitrogens is 2. The van der Waals surface area contributed by atoms with Crippen LogP contribution in [0.1, 0.15) is 44.6 Å². The van der Waals surface area contributed by atoms with Crippen molar-refractivity contribution in [3.05, 3.63) is 18.0 Å². The first-order valence-electron chi connectivity index (χ1n) is 9.99. The summed E-state index contributed by atoms with van der Waals surface area (Å²) in [4.78, 5) is 7.37. The van der Waals surface area contributed by atoms with Crippen LogP contribution in [0.15, 0.2) is 17.4 Å². The van der Waals surface area contributed by atoms with Crippen molar-refractivity contribution in [2.45, 2.75) is 58.5 Å². The molecule has 140 valence electrons. The zero-order valence-corrected chi connectivity index (χ0v) is 15.9. The fourth-order valence-corrected chi connectivity index (χ4v) is 4.04. The Morgan fingerprint density at radius 1 is 1.32 bits per heavy atom. The van der Waals surface area contributed by atoms with Gasteiger partial charge in [0.25, 0.3) is 0 Å². The second-order valence-electron chi connectivity index (χ2n) is 7.58. The number of likely N-dealkylation sites (tertiary alicyclic amines) is 1. The summed E-state index contributed by atoms with van der Waals surface area (Å²) in [5.74, 6) is 1.89. The van der Waals surface area contributed by atoms with E-state index in [1.807, 2.05) is 10.9 Å². The first kappa shape index (κ1) is 18.2. The normalized spacial score (nSPS) is 22.6. The number of nitrogens with one attached hydrogen (secondary N) is 2. The van der Waals surface area contributed by atoms with Crippen molar-refractivity contribution in [3.63, 3.8) is 0 Å². The van der Waals surface area contributed by atoms with Gasteiger partial charge in [-0.2, -0.15) is 5.10 Å². The van der Waals surface area contributed by atoms with Crippen molar-refractivity contribution in [2.75, 3.05) is 32.7 Å². The van der Waals surface area contributed by atoms with Crippen molar-refractivity contribution < 1.29 is 0 Å². The van der Waals surface area contributed by atoms with Crippen LogP contribution in [-0.2, 0) is 6.54 Å². The fraction of sp³-hybridized carbons (Fsp3) is 0.789. The molecule has 1 aromatic rings. The highest BCUT2D eigenvalue weighted by atomic mass is 15.3. The van der Waals surface area contributed by atoms with Crippen LogP contribution in [-0.4, -0.2) is 59.4 Å². The predicted molar refractivity (Wildman–Crippen MR) is 103 cm³/mol. The topological polar surface area (TPSA) is 57.5 Å². The molecular weight excluding hydrogens is 312 g/mol. The number of hydrogen-bond donors (Lipinski definition) is 2. The fourth-order valence-electron chi connectivity index (χ4n) is 4.04. The van der Waals surface area contributed by atoms with Crippen molar-refractivity contribution in [3.8, 4) is 0 Å². The minimum Gasteiger partial charge on any atom is -0.357 e. The van der Waals surface area contributed by atoms with Gasteiger partial charge in [-0.1, -0.05) is 12.8 Å². The summed E-state index contributed by atoms with van der Waals surface area (Å²) in [6, 6.07) is 0.520. The van der Waals surface area contributed by atoms with Crippen LogP contribution in [0.25, 0.3) is 0 Å². The second-order valence-corrected chi connectivity index (χ2v) is 7.58. The van der Waals surface area contributed by atoms with E-state index in [2.05, 4.69) is 40.7 Å². The van der Waals surface area contributed by atoms with E-state index in [1.54, 1.807) is 0 Å². The smallest absolute Gasteiger partial charge is 0.191 e. The zero-order chi connectivity index (χ0) is 17.5. The van der Waals surface area contributed by atoms with E-state index < -0.39 is 0 Å². The zero-order valence-electron chi connectivity index (χ0n) is 15.9. The monoisotopic (exact) mass is 346 g/mol. The lowest BCUT2D eigenvalue weighted by atomic mass is 10.1. The molecule has 1 aliphatic carbocycles. The van der Waals surface area contributed by atoms with E-state index in [1.165, 1.54) is 50.8 Å². The van der Waals surface area contributed by atoms with Crippen LogP contribution in [0.2, 0.25) is 0 Å². The highest BCUT2D eigenvalue weighted by molar-refractivity contribution is 5.80. The van der Waals surface area contributed by atoms with Gasteiger partial charge in [-0.3, -0.25) is 9.67 Å². The molecule has 6 nitrogen and oxygen atoms in total. The molecule has 1 unspecified atom stereocenters. The van der Waals surface area contributed by atoms with Gasteiger partial charge >= 0.3 is 0 Å². The number of hydrogen-bond acceptors (Lipinski definition) is 3. The maximum Gasteiger partial charge on any atom is 0.191 e. The summed E-state index contributed by atoms with van der Waals surface area (Å²) in [5.41, 5.74) is 1.20. The molecule has 0 spiro atoms. The maximum absolute atomic E-state index is 4.72. The summed E-state index contributed by atoms with van der Waals surface area (Å²) < 4.78 is 1.96. The standard InChI is InChI=1S/C19H34N6/c1-3-20-19(21-9-11-25-13-16(2)12-22-25)23-18-8-10-24(15-18)14-17-6-4-5-7-17/h12-13,17-18H,3-11,14-15H2,1-2H3,(H2,20,21,23). The van der Waals surface area contributed by atoms with E-state index in [4.69, 9.17) is 4.99 Å². The molecule has 3 rings (SSSR count). The van der Waals surface area contributed by atoms with Gasteiger partial charge in [0.15, 0.2) is 5.96 Å². The van der Waals surface area contributed by atoms with Gasteiger partial charge in [-0.05, 0) is 44.6 Å².